The van der Waals surface area contributed by atoms with Gasteiger partial charge in [-0.15, -0.1) is 0 Å². The van der Waals surface area contributed by atoms with Gasteiger partial charge in [0.15, 0.2) is 5.78 Å². The topological polar surface area (TPSA) is 64.8 Å². The van der Waals surface area contributed by atoms with Crippen molar-refractivity contribution in [3.8, 4) is 0 Å². The second-order valence-corrected chi connectivity index (χ2v) is 5.76. The number of hydrogen-bond acceptors (Lipinski definition) is 5. The molecule has 0 aliphatic carbocycles. The first-order chi connectivity index (χ1) is 8.01. The fourth-order valence-electron chi connectivity index (χ4n) is 1.77. The Morgan fingerprint density at radius 2 is 1.71 bits per heavy atom. The fourth-order valence-corrected chi connectivity index (χ4v) is 4.08. The largest absolute Gasteiger partial charge is 0.450 e. The Morgan fingerprint density at radius 1 is 1.18 bits per heavy atom. The van der Waals surface area contributed by atoms with Crippen LogP contribution in [0.3, 0.4) is 0 Å². The minimum absolute atomic E-state index is 0.169. The van der Waals surface area contributed by atoms with Gasteiger partial charge >= 0.3 is 13.7 Å². The van der Waals surface area contributed by atoms with Crippen molar-refractivity contribution in [1.29, 1.82) is 0 Å². The number of carbonyl (C=O) groups excluding carboxylic acids is 1. The van der Waals surface area contributed by atoms with Crippen molar-refractivity contribution in [1.82, 2.24) is 4.90 Å². The van der Waals surface area contributed by atoms with Gasteiger partial charge in [0.25, 0.3) is 0 Å². The predicted molar refractivity (Wildman–Crippen MR) is 63.0 cm³/mol. The molecule has 100 valence electrons. The Balaban J connectivity index is 2.72. The van der Waals surface area contributed by atoms with Crippen LogP contribution >= 0.6 is 7.60 Å². The van der Waals surface area contributed by atoms with Crippen molar-refractivity contribution in [2.45, 2.75) is 39.5 Å². The van der Waals surface area contributed by atoms with Crippen LogP contribution in [0.2, 0.25) is 0 Å². The van der Waals surface area contributed by atoms with E-state index in [0.717, 1.165) is 0 Å². The van der Waals surface area contributed by atoms with E-state index < -0.39 is 19.5 Å². The van der Waals surface area contributed by atoms with Crippen LogP contribution in [0.15, 0.2) is 0 Å². The number of amides is 1. The molecule has 6 nitrogen and oxygen atoms in total. The molecule has 2 unspecified atom stereocenters. The quantitative estimate of drug-likeness (QED) is 0.545. The molecular weight excluding hydrogens is 245 g/mol. The summed E-state index contributed by atoms with van der Waals surface area (Å²) >= 11 is 0. The molecule has 1 heterocycles. The Hall–Kier alpha value is -0.580. The maximum absolute atomic E-state index is 12.4. The molecule has 2 atom stereocenters. The van der Waals surface area contributed by atoms with Gasteiger partial charge in [0.1, 0.15) is 0 Å². The molecule has 0 N–H and O–H groups in total. The molecule has 0 saturated carbocycles. The maximum atomic E-state index is 12.4. The smallest absolute Gasteiger partial charge is 0.410 e. The van der Waals surface area contributed by atoms with E-state index >= 15 is 0 Å². The Kier molecular flexibility index (Phi) is 4.98. The molecule has 1 fully saturated rings. The lowest BCUT2D eigenvalue weighted by Crippen LogP contribution is -2.17. The maximum Gasteiger partial charge on any atom is 0.410 e. The lowest BCUT2D eigenvalue weighted by Gasteiger charge is -2.16. The van der Waals surface area contributed by atoms with Crippen LogP contribution < -0.4 is 0 Å². The lowest BCUT2D eigenvalue weighted by molar-refractivity contribution is 0.132. The molecule has 0 bridgehead atoms. The van der Waals surface area contributed by atoms with Gasteiger partial charge in [0.05, 0.1) is 25.9 Å². The second kappa shape index (κ2) is 5.85. The van der Waals surface area contributed by atoms with E-state index in [-0.39, 0.29) is 19.3 Å². The highest BCUT2D eigenvalue weighted by Gasteiger charge is 2.61. The van der Waals surface area contributed by atoms with Crippen LogP contribution in [0.4, 0.5) is 4.79 Å². The fraction of sp³-hybridized carbons (Fsp3) is 0.900. The zero-order chi connectivity index (χ0) is 13.1. The first-order valence-corrected chi connectivity index (χ1v) is 7.46. The normalized spacial score (nSPS) is 23.6. The SMILES string of the molecule is CCOC(=O)N1C(C)C1P(=O)(OCC)OCC. The Labute approximate surface area is 102 Å². The number of hydrogen-bond donors (Lipinski definition) is 0. The summed E-state index contributed by atoms with van der Waals surface area (Å²) in [5.74, 6) is -0.513. The van der Waals surface area contributed by atoms with Gasteiger partial charge in [-0.25, -0.2) is 4.79 Å². The summed E-state index contributed by atoms with van der Waals surface area (Å²) in [6.07, 6.45) is -0.468. The number of nitrogens with zero attached hydrogens (tertiary/aromatic N) is 1. The number of carbonyl (C=O) groups is 1. The highest BCUT2D eigenvalue weighted by atomic mass is 31.2. The van der Waals surface area contributed by atoms with E-state index in [9.17, 15) is 9.36 Å². The van der Waals surface area contributed by atoms with Gasteiger partial charge in [-0.1, -0.05) is 0 Å². The van der Waals surface area contributed by atoms with E-state index in [0.29, 0.717) is 6.61 Å². The van der Waals surface area contributed by atoms with Crippen molar-refractivity contribution in [3.05, 3.63) is 0 Å². The van der Waals surface area contributed by atoms with Gasteiger partial charge < -0.3 is 13.8 Å². The number of rotatable bonds is 6. The summed E-state index contributed by atoms with van der Waals surface area (Å²) in [5, 5.41) is 0. The van der Waals surface area contributed by atoms with Crippen molar-refractivity contribution in [3.63, 3.8) is 0 Å². The lowest BCUT2D eigenvalue weighted by atomic mass is 10.6. The molecule has 1 amide bonds. The molecule has 0 aromatic rings. The van der Waals surface area contributed by atoms with Gasteiger partial charge in [-0.05, 0) is 27.7 Å². The van der Waals surface area contributed by atoms with Gasteiger partial charge in [0, 0.05) is 0 Å². The van der Waals surface area contributed by atoms with E-state index in [1.165, 1.54) is 4.90 Å². The molecule has 0 aromatic carbocycles. The van der Waals surface area contributed by atoms with Gasteiger partial charge in [-0.3, -0.25) is 9.46 Å². The zero-order valence-electron chi connectivity index (χ0n) is 10.7. The zero-order valence-corrected chi connectivity index (χ0v) is 11.6. The summed E-state index contributed by atoms with van der Waals surface area (Å²) in [7, 11) is -3.24. The summed E-state index contributed by atoms with van der Waals surface area (Å²) in [5.41, 5.74) is 0. The third-order valence-corrected chi connectivity index (χ3v) is 5.05. The highest BCUT2D eigenvalue weighted by molar-refractivity contribution is 7.55. The summed E-state index contributed by atoms with van der Waals surface area (Å²) in [6, 6.07) is -0.169. The minimum atomic E-state index is -3.24. The molecule has 1 saturated heterocycles. The van der Waals surface area contributed by atoms with Crippen LogP contribution in [0.1, 0.15) is 27.7 Å². The molecule has 0 aromatic heterocycles. The first kappa shape index (κ1) is 14.5. The van der Waals surface area contributed by atoms with E-state index in [2.05, 4.69) is 0 Å². The van der Waals surface area contributed by atoms with Crippen molar-refractivity contribution in [2.24, 2.45) is 0 Å². The van der Waals surface area contributed by atoms with E-state index in [1.807, 2.05) is 0 Å². The summed E-state index contributed by atoms with van der Waals surface area (Å²) in [6.45, 7) is 7.88. The summed E-state index contributed by atoms with van der Waals surface area (Å²) < 4.78 is 27.7. The average molecular weight is 265 g/mol. The van der Waals surface area contributed by atoms with E-state index in [4.69, 9.17) is 13.8 Å². The molecule has 7 heteroatoms. The number of ether oxygens (including phenoxy) is 1. The Bertz CT molecular complexity index is 312. The van der Waals surface area contributed by atoms with Crippen LogP contribution in [-0.2, 0) is 18.3 Å². The molecule has 0 radical (unpaired) electrons. The van der Waals surface area contributed by atoms with Crippen molar-refractivity contribution < 1.29 is 23.1 Å². The molecule has 1 aliphatic rings. The molecule has 1 rings (SSSR count). The molecule has 17 heavy (non-hydrogen) atoms. The monoisotopic (exact) mass is 265 g/mol. The van der Waals surface area contributed by atoms with Crippen LogP contribution in [0.25, 0.3) is 0 Å². The Morgan fingerprint density at radius 3 is 2.12 bits per heavy atom. The van der Waals surface area contributed by atoms with Crippen LogP contribution in [-0.4, -0.2) is 42.6 Å². The standard InChI is InChI=1S/C10H20NO5P/c1-5-14-10(12)11-8(4)9(11)17(13,15-6-2)16-7-3/h8-9H,5-7H2,1-4H3. The first-order valence-electron chi connectivity index (χ1n) is 5.85. The minimum Gasteiger partial charge on any atom is -0.450 e. The third kappa shape index (κ3) is 3.00. The van der Waals surface area contributed by atoms with Crippen molar-refractivity contribution >= 4 is 13.7 Å². The van der Waals surface area contributed by atoms with Gasteiger partial charge in [0.2, 0.25) is 0 Å². The molecular formula is C10H20NO5P. The molecule has 1 aliphatic heterocycles. The van der Waals surface area contributed by atoms with Crippen molar-refractivity contribution in [2.75, 3.05) is 19.8 Å². The molecule has 0 spiro atoms. The average Bonchev–Trinajstić information content (AvgIpc) is 2.92. The third-order valence-electron chi connectivity index (χ3n) is 2.49. The van der Waals surface area contributed by atoms with E-state index in [1.54, 1.807) is 27.7 Å². The highest BCUT2D eigenvalue weighted by Crippen LogP contribution is 2.62. The second-order valence-electron chi connectivity index (χ2n) is 3.64. The van der Waals surface area contributed by atoms with Gasteiger partial charge in [-0.2, -0.15) is 0 Å². The summed E-state index contributed by atoms with van der Waals surface area (Å²) in [4.78, 5) is 13.0. The predicted octanol–water partition coefficient (Wildman–Crippen LogP) is 2.44. The van der Waals surface area contributed by atoms with Crippen LogP contribution in [0, 0.1) is 0 Å². The van der Waals surface area contributed by atoms with Crippen LogP contribution in [0.5, 0.6) is 0 Å².